The third-order valence-electron chi connectivity index (χ3n) is 2.08. The minimum atomic E-state index is -1.54. The van der Waals surface area contributed by atoms with E-state index in [4.69, 9.17) is 26.9 Å². The molecule has 0 amide bonds. The van der Waals surface area contributed by atoms with E-state index in [2.05, 4.69) is 6.92 Å². The van der Waals surface area contributed by atoms with Crippen molar-refractivity contribution in [3.8, 4) is 5.75 Å². The Labute approximate surface area is 102 Å². The zero-order chi connectivity index (χ0) is 11.1. The molecule has 0 unspecified atom stereocenters. The van der Waals surface area contributed by atoms with Gasteiger partial charge in [0.15, 0.2) is 0 Å². The van der Waals surface area contributed by atoms with E-state index in [1.54, 1.807) is 0 Å². The monoisotopic (exact) mass is 262 g/mol. The van der Waals surface area contributed by atoms with Crippen molar-refractivity contribution >= 4 is 29.6 Å². The normalized spacial score (nSPS) is 10.7. The smallest absolute Gasteiger partial charge is 0.241 e. The molecule has 4 heteroatoms. The van der Waals surface area contributed by atoms with Crippen molar-refractivity contribution in [2.24, 2.45) is 0 Å². The summed E-state index contributed by atoms with van der Waals surface area (Å²) in [6, 6.07) is 8.85. The molecule has 1 aromatic rings. The summed E-state index contributed by atoms with van der Waals surface area (Å²) < 4.78 is 5.55. The summed E-state index contributed by atoms with van der Waals surface area (Å²) in [5, 5.41) is 0. The first-order valence-electron chi connectivity index (χ1n) is 5.22. The third-order valence-corrected chi connectivity index (χ3v) is 3.79. The van der Waals surface area contributed by atoms with Crippen LogP contribution >= 0.6 is 22.2 Å². The number of benzene rings is 1. The van der Waals surface area contributed by atoms with Crippen LogP contribution in [0.3, 0.4) is 0 Å². The summed E-state index contributed by atoms with van der Waals surface area (Å²) in [6.07, 6.45) is 2.25. The summed E-state index contributed by atoms with van der Waals surface area (Å²) in [5.41, 5.74) is 1.19. The van der Waals surface area contributed by atoms with E-state index < -0.39 is 7.42 Å². The largest absolute Gasteiger partial charge is 0.494 e. The van der Waals surface area contributed by atoms with Gasteiger partial charge in [-0.15, -0.1) is 22.2 Å². The molecule has 1 aromatic carbocycles. The van der Waals surface area contributed by atoms with Gasteiger partial charge in [-0.3, -0.25) is 0 Å². The number of ether oxygens (including phenoxy) is 1. The van der Waals surface area contributed by atoms with Crippen molar-refractivity contribution in [1.29, 1.82) is 0 Å². The molecule has 0 bridgehead atoms. The van der Waals surface area contributed by atoms with Crippen LogP contribution in [0.5, 0.6) is 5.75 Å². The maximum absolute atomic E-state index is 5.83. The molecule has 0 aliphatic carbocycles. The van der Waals surface area contributed by atoms with E-state index >= 15 is 0 Å². The molecular weight excluding hydrogens is 247 g/mol. The van der Waals surface area contributed by atoms with Gasteiger partial charge in [-0.1, -0.05) is 25.5 Å². The van der Waals surface area contributed by atoms with E-state index in [-0.39, 0.29) is 0 Å². The molecule has 0 fully saturated rings. The maximum atomic E-state index is 5.83. The van der Waals surface area contributed by atoms with Gasteiger partial charge in [-0.05, 0) is 30.2 Å². The number of hydrogen-bond acceptors (Lipinski definition) is 1. The van der Waals surface area contributed by atoms with Crippen molar-refractivity contribution in [1.82, 2.24) is 0 Å². The van der Waals surface area contributed by atoms with Gasteiger partial charge < -0.3 is 4.74 Å². The zero-order valence-electron chi connectivity index (χ0n) is 8.88. The molecule has 0 saturated carbocycles. The molecule has 84 valence electrons. The van der Waals surface area contributed by atoms with E-state index in [1.807, 2.05) is 24.3 Å². The summed E-state index contributed by atoms with van der Waals surface area (Å²) in [4.78, 5) is 0. The standard InChI is InChI=1S/C11H16Cl2OSi/c1-2-3-8-14-11-6-4-10(5-7-11)9-15(12)13/h4-7,15H,2-3,8-9H2,1H3. The topological polar surface area (TPSA) is 9.23 Å². The molecular formula is C11H16Cl2OSi. The highest BCUT2D eigenvalue weighted by Gasteiger charge is 2.03. The Morgan fingerprint density at radius 1 is 1.20 bits per heavy atom. The van der Waals surface area contributed by atoms with Gasteiger partial charge in [-0.2, -0.15) is 0 Å². The minimum absolute atomic E-state index is 0.790. The Morgan fingerprint density at radius 3 is 2.40 bits per heavy atom. The van der Waals surface area contributed by atoms with Crippen molar-refractivity contribution < 1.29 is 4.74 Å². The number of unbranched alkanes of at least 4 members (excludes halogenated alkanes) is 1. The lowest BCUT2D eigenvalue weighted by molar-refractivity contribution is 0.309. The Hall–Kier alpha value is -0.183. The lowest BCUT2D eigenvalue weighted by Gasteiger charge is -2.06. The van der Waals surface area contributed by atoms with Crippen LogP contribution in [-0.2, 0) is 6.04 Å². The maximum Gasteiger partial charge on any atom is 0.241 e. The molecule has 1 rings (SSSR count). The first kappa shape index (κ1) is 12.9. The van der Waals surface area contributed by atoms with Crippen LogP contribution in [0.25, 0.3) is 0 Å². The van der Waals surface area contributed by atoms with E-state index in [0.717, 1.165) is 31.2 Å². The van der Waals surface area contributed by atoms with Crippen LogP contribution in [0.4, 0.5) is 0 Å². The van der Waals surface area contributed by atoms with Crippen LogP contribution in [-0.4, -0.2) is 14.0 Å². The van der Waals surface area contributed by atoms with Crippen LogP contribution < -0.4 is 4.74 Å². The fourth-order valence-electron chi connectivity index (χ4n) is 1.23. The fraction of sp³-hybridized carbons (Fsp3) is 0.455. The van der Waals surface area contributed by atoms with Crippen molar-refractivity contribution in [2.45, 2.75) is 25.8 Å². The van der Waals surface area contributed by atoms with E-state index in [0.29, 0.717) is 0 Å². The first-order chi connectivity index (χ1) is 7.22. The highest BCUT2D eigenvalue weighted by atomic mass is 35.7. The van der Waals surface area contributed by atoms with Crippen molar-refractivity contribution in [3.05, 3.63) is 29.8 Å². The lowest BCUT2D eigenvalue weighted by atomic mass is 10.2. The Kier molecular flexibility index (Phi) is 6.14. The fourth-order valence-corrected chi connectivity index (χ4v) is 2.93. The Morgan fingerprint density at radius 2 is 1.87 bits per heavy atom. The highest BCUT2D eigenvalue weighted by Crippen LogP contribution is 2.15. The summed E-state index contributed by atoms with van der Waals surface area (Å²) in [5.74, 6) is 0.926. The number of rotatable bonds is 6. The molecule has 0 radical (unpaired) electrons. The van der Waals surface area contributed by atoms with Crippen LogP contribution in [0.15, 0.2) is 24.3 Å². The van der Waals surface area contributed by atoms with Gasteiger partial charge in [0.25, 0.3) is 0 Å². The van der Waals surface area contributed by atoms with Crippen molar-refractivity contribution in [3.63, 3.8) is 0 Å². The summed E-state index contributed by atoms with van der Waals surface area (Å²) in [6.45, 7) is 2.94. The molecule has 0 spiro atoms. The van der Waals surface area contributed by atoms with Crippen LogP contribution in [0.1, 0.15) is 25.3 Å². The van der Waals surface area contributed by atoms with Gasteiger partial charge in [0.2, 0.25) is 7.42 Å². The number of hydrogen-bond donors (Lipinski definition) is 0. The van der Waals surface area contributed by atoms with E-state index in [9.17, 15) is 0 Å². The Bertz CT molecular complexity index is 274. The second-order valence-corrected chi connectivity index (χ2v) is 8.46. The minimum Gasteiger partial charge on any atom is -0.494 e. The lowest BCUT2D eigenvalue weighted by Crippen LogP contribution is -2.00. The molecule has 0 atom stereocenters. The molecule has 1 nitrogen and oxygen atoms in total. The summed E-state index contributed by atoms with van der Waals surface area (Å²) in [7, 11) is -1.54. The van der Waals surface area contributed by atoms with Gasteiger partial charge in [0, 0.05) is 0 Å². The highest BCUT2D eigenvalue weighted by molar-refractivity contribution is 7.33. The van der Waals surface area contributed by atoms with Crippen LogP contribution in [0, 0.1) is 0 Å². The SMILES string of the molecule is CCCCOc1ccc(C[SiH](Cl)Cl)cc1. The molecule has 0 aromatic heterocycles. The second kappa shape index (κ2) is 7.15. The predicted molar refractivity (Wildman–Crippen MR) is 69.4 cm³/mol. The molecule has 0 aliphatic rings. The molecule has 0 N–H and O–H groups in total. The van der Waals surface area contributed by atoms with E-state index in [1.165, 1.54) is 5.56 Å². The van der Waals surface area contributed by atoms with Gasteiger partial charge >= 0.3 is 0 Å². The molecule has 15 heavy (non-hydrogen) atoms. The molecule has 0 saturated heterocycles. The second-order valence-electron chi connectivity index (χ2n) is 3.44. The third kappa shape index (κ3) is 5.45. The average Bonchev–Trinajstić information content (AvgIpc) is 2.20. The number of halogens is 2. The van der Waals surface area contributed by atoms with Gasteiger partial charge in [-0.25, -0.2) is 0 Å². The quantitative estimate of drug-likeness (QED) is 0.432. The summed E-state index contributed by atoms with van der Waals surface area (Å²) >= 11 is 11.7. The molecule has 0 aliphatic heterocycles. The zero-order valence-corrected chi connectivity index (χ0v) is 11.5. The molecule has 0 heterocycles. The Balaban J connectivity index is 2.42. The van der Waals surface area contributed by atoms with Gasteiger partial charge in [0.1, 0.15) is 5.75 Å². The average molecular weight is 263 g/mol. The van der Waals surface area contributed by atoms with Gasteiger partial charge in [0.05, 0.1) is 6.61 Å². The van der Waals surface area contributed by atoms with Crippen molar-refractivity contribution in [2.75, 3.05) is 6.61 Å². The van der Waals surface area contributed by atoms with Crippen LogP contribution in [0.2, 0.25) is 0 Å². The first-order valence-corrected chi connectivity index (χ1v) is 9.53. The predicted octanol–water partition coefficient (Wildman–Crippen LogP) is 3.65.